The number of amides is 1. The quantitative estimate of drug-likeness (QED) is 0.776. The van der Waals surface area contributed by atoms with Gasteiger partial charge in [0.25, 0.3) is 0 Å². The van der Waals surface area contributed by atoms with Crippen LogP contribution in [-0.2, 0) is 4.79 Å². The Hall–Kier alpha value is -2.70. The van der Waals surface area contributed by atoms with E-state index >= 15 is 0 Å². The third-order valence-corrected chi connectivity index (χ3v) is 3.00. The smallest absolute Gasteiger partial charge is 0.303 e. The number of fused-ring (bicyclic) bond motifs is 1. The second-order valence-corrected chi connectivity index (χ2v) is 4.51. The summed E-state index contributed by atoms with van der Waals surface area (Å²) in [6.07, 6.45) is 2.00. The number of hydrogen-bond donors (Lipinski definition) is 0. The molecule has 2 aliphatic heterocycles. The molecule has 1 aromatic carbocycles. The lowest BCUT2D eigenvalue weighted by Crippen LogP contribution is -2.26. The number of ether oxygens (including phenoxy) is 1. The second kappa shape index (κ2) is 5.74. The SMILES string of the molecule is CCCCOc1ccccc1C1=NC(=O)C2=NN=NC2=N1. The van der Waals surface area contributed by atoms with Crippen LogP contribution < -0.4 is 4.74 Å². The first-order valence-electron chi connectivity index (χ1n) is 6.72. The first-order chi connectivity index (χ1) is 10.3. The van der Waals surface area contributed by atoms with Crippen LogP contribution in [0.1, 0.15) is 25.3 Å². The molecule has 0 aromatic heterocycles. The molecule has 0 spiro atoms. The van der Waals surface area contributed by atoms with Gasteiger partial charge in [-0.05, 0) is 23.8 Å². The van der Waals surface area contributed by atoms with E-state index in [4.69, 9.17) is 4.74 Å². The standard InChI is InChI=1S/C14H13N5O2/c1-2-3-8-21-10-7-5-4-6-9(10)12-15-13-11(14(20)16-12)17-19-18-13/h4-7H,2-3,8H2,1H3. The molecule has 0 atom stereocenters. The molecule has 7 nitrogen and oxygen atoms in total. The zero-order valence-electron chi connectivity index (χ0n) is 11.5. The number of hydrogen-bond acceptors (Lipinski definition) is 6. The van der Waals surface area contributed by atoms with E-state index in [2.05, 4.69) is 32.3 Å². The number of benzene rings is 1. The number of unbranched alkanes of at least 4 members (excludes halogenated alkanes) is 1. The highest BCUT2D eigenvalue weighted by Crippen LogP contribution is 2.22. The topological polar surface area (TPSA) is 88.1 Å². The number of rotatable bonds is 5. The Labute approximate surface area is 121 Å². The van der Waals surface area contributed by atoms with E-state index in [0.717, 1.165) is 12.8 Å². The molecule has 0 saturated carbocycles. The highest BCUT2D eigenvalue weighted by Gasteiger charge is 2.28. The minimum atomic E-state index is -0.483. The third kappa shape index (κ3) is 2.62. The van der Waals surface area contributed by atoms with Crippen LogP contribution >= 0.6 is 0 Å². The fraction of sp³-hybridized carbons (Fsp3) is 0.286. The van der Waals surface area contributed by atoms with Crippen molar-refractivity contribution in [1.29, 1.82) is 0 Å². The van der Waals surface area contributed by atoms with Gasteiger partial charge in [-0.3, -0.25) is 4.79 Å². The van der Waals surface area contributed by atoms with Crippen molar-refractivity contribution in [2.45, 2.75) is 19.8 Å². The molecule has 21 heavy (non-hydrogen) atoms. The van der Waals surface area contributed by atoms with E-state index in [1.807, 2.05) is 24.3 Å². The Morgan fingerprint density at radius 1 is 1.14 bits per heavy atom. The summed E-state index contributed by atoms with van der Waals surface area (Å²) in [5.41, 5.74) is 0.749. The average Bonchev–Trinajstić information content (AvgIpc) is 2.97. The van der Waals surface area contributed by atoms with Crippen molar-refractivity contribution in [2.24, 2.45) is 25.4 Å². The van der Waals surface area contributed by atoms with E-state index in [1.54, 1.807) is 0 Å². The van der Waals surface area contributed by atoms with Crippen molar-refractivity contribution >= 4 is 23.3 Å². The molecule has 0 fully saturated rings. The highest BCUT2D eigenvalue weighted by atomic mass is 16.5. The number of nitrogens with zero attached hydrogens (tertiary/aromatic N) is 5. The van der Waals surface area contributed by atoms with E-state index in [-0.39, 0.29) is 17.4 Å². The van der Waals surface area contributed by atoms with Crippen molar-refractivity contribution < 1.29 is 9.53 Å². The molecule has 1 aromatic rings. The van der Waals surface area contributed by atoms with Gasteiger partial charge in [0, 0.05) is 0 Å². The molecule has 0 N–H and O–H groups in total. The lowest BCUT2D eigenvalue weighted by Gasteiger charge is -2.12. The van der Waals surface area contributed by atoms with Gasteiger partial charge in [0.05, 0.1) is 12.2 Å². The van der Waals surface area contributed by atoms with E-state index in [9.17, 15) is 4.79 Å². The minimum absolute atomic E-state index is 0.0862. The number of para-hydroxylation sites is 1. The van der Waals surface area contributed by atoms with Crippen LogP contribution in [0, 0.1) is 0 Å². The maximum Gasteiger partial charge on any atom is 0.303 e. The van der Waals surface area contributed by atoms with Crippen LogP contribution in [0.25, 0.3) is 0 Å². The summed E-state index contributed by atoms with van der Waals surface area (Å²) in [4.78, 5) is 20.0. The molecule has 3 rings (SSSR count). The van der Waals surface area contributed by atoms with Gasteiger partial charge < -0.3 is 4.74 Å². The van der Waals surface area contributed by atoms with Gasteiger partial charge in [0.2, 0.25) is 11.5 Å². The van der Waals surface area contributed by atoms with E-state index in [0.29, 0.717) is 17.9 Å². The van der Waals surface area contributed by atoms with Crippen molar-refractivity contribution in [1.82, 2.24) is 0 Å². The van der Waals surface area contributed by atoms with Gasteiger partial charge in [-0.1, -0.05) is 25.5 Å². The monoisotopic (exact) mass is 283 g/mol. The van der Waals surface area contributed by atoms with Gasteiger partial charge in [-0.15, -0.1) is 10.2 Å². The molecule has 2 aliphatic rings. The van der Waals surface area contributed by atoms with Crippen molar-refractivity contribution in [3.63, 3.8) is 0 Å². The summed E-state index contributed by atoms with van der Waals surface area (Å²) in [6, 6.07) is 7.35. The minimum Gasteiger partial charge on any atom is -0.493 e. The van der Waals surface area contributed by atoms with E-state index < -0.39 is 5.91 Å². The largest absolute Gasteiger partial charge is 0.493 e. The Bertz CT molecular complexity index is 703. The van der Waals surface area contributed by atoms with Gasteiger partial charge >= 0.3 is 5.91 Å². The molecular weight excluding hydrogens is 270 g/mol. The number of carbonyl (C=O) groups is 1. The molecule has 7 heteroatoms. The molecular formula is C14H13N5O2. The van der Waals surface area contributed by atoms with Crippen LogP contribution in [0.2, 0.25) is 0 Å². The zero-order chi connectivity index (χ0) is 14.7. The van der Waals surface area contributed by atoms with Crippen molar-refractivity contribution in [3.05, 3.63) is 29.8 Å². The van der Waals surface area contributed by atoms with Crippen LogP contribution in [0.3, 0.4) is 0 Å². The lowest BCUT2D eigenvalue weighted by atomic mass is 10.1. The van der Waals surface area contributed by atoms with Crippen molar-refractivity contribution in [3.8, 4) is 5.75 Å². The summed E-state index contributed by atoms with van der Waals surface area (Å²) in [7, 11) is 0. The highest BCUT2D eigenvalue weighted by molar-refractivity contribution is 6.69. The number of amidine groups is 2. The average molecular weight is 283 g/mol. The van der Waals surface area contributed by atoms with Crippen LogP contribution in [0.5, 0.6) is 5.75 Å². The molecule has 0 bridgehead atoms. The Kier molecular flexibility index (Phi) is 3.63. The summed E-state index contributed by atoms with van der Waals surface area (Å²) in [6.45, 7) is 2.70. The molecule has 0 saturated heterocycles. The summed E-state index contributed by atoms with van der Waals surface area (Å²) >= 11 is 0. The normalized spacial score (nSPS) is 16.2. The fourth-order valence-corrected chi connectivity index (χ4v) is 1.91. The number of carbonyl (C=O) groups excluding carboxylic acids is 1. The molecule has 0 radical (unpaired) electrons. The summed E-state index contributed by atoms with van der Waals surface area (Å²) < 4.78 is 5.73. The van der Waals surface area contributed by atoms with Crippen LogP contribution in [0.4, 0.5) is 0 Å². The Balaban J connectivity index is 1.92. The first-order valence-corrected chi connectivity index (χ1v) is 6.72. The van der Waals surface area contributed by atoms with Gasteiger partial charge in [-0.25, -0.2) is 4.99 Å². The maximum absolute atomic E-state index is 11.9. The Morgan fingerprint density at radius 2 is 2.00 bits per heavy atom. The molecule has 1 amide bonds. The molecule has 0 unspecified atom stereocenters. The lowest BCUT2D eigenvalue weighted by molar-refractivity contribution is -0.111. The zero-order valence-corrected chi connectivity index (χ0v) is 11.5. The summed E-state index contributed by atoms with van der Waals surface area (Å²) in [5.74, 6) is 0.649. The van der Waals surface area contributed by atoms with Crippen LogP contribution in [-0.4, -0.2) is 29.9 Å². The third-order valence-electron chi connectivity index (χ3n) is 3.00. The maximum atomic E-state index is 11.9. The predicted molar refractivity (Wildman–Crippen MR) is 78.1 cm³/mol. The molecule has 106 valence electrons. The van der Waals surface area contributed by atoms with Crippen molar-refractivity contribution in [2.75, 3.05) is 6.61 Å². The predicted octanol–water partition coefficient (Wildman–Crippen LogP) is 2.37. The van der Waals surface area contributed by atoms with Gasteiger partial charge in [-0.2, -0.15) is 4.99 Å². The summed E-state index contributed by atoms with van der Waals surface area (Å²) in [5, 5.41) is 10.8. The first kappa shape index (κ1) is 13.3. The number of aliphatic imine (C=N–C) groups is 2. The van der Waals surface area contributed by atoms with E-state index in [1.165, 1.54) is 0 Å². The second-order valence-electron chi connectivity index (χ2n) is 4.51. The van der Waals surface area contributed by atoms with Gasteiger partial charge in [0.15, 0.2) is 5.84 Å². The Morgan fingerprint density at radius 3 is 2.86 bits per heavy atom. The molecule has 0 aliphatic carbocycles. The van der Waals surface area contributed by atoms with Crippen LogP contribution in [0.15, 0.2) is 49.7 Å². The fourth-order valence-electron chi connectivity index (χ4n) is 1.91. The van der Waals surface area contributed by atoms with Gasteiger partial charge in [0.1, 0.15) is 5.75 Å². The molecule has 2 heterocycles.